The van der Waals surface area contributed by atoms with E-state index in [9.17, 15) is 14.0 Å². The van der Waals surface area contributed by atoms with Crippen molar-refractivity contribution in [1.82, 2.24) is 9.80 Å². The molecule has 0 N–H and O–H groups in total. The second-order valence-corrected chi connectivity index (χ2v) is 5.53. The van der Waals surface area contributed by atoms with Crippen LogP contribution in [0.15, 0.2) is 18.2 Å². The van der Waals surface area contributed by atoms with Crippen LogP contribution in [0.4, 0.5) is 4.39 Å². The highest BCUT2D eigenvalue weighted by Gasteiger charge is 2.36. The topological polar surface area (TPSA) is 40.6 Å². The van der Waals surface area contributed by atoms with E-state index in [0.29, 0.717) is 6.54 Å². The highest BCUT2D eigenvalue weighted by Crippen LogP contribution is 2.19. The monoisotopic (exact) mass is 292 g/mol. The molecule has 1 fully saturated rings. The van der Waals surface area contributed by atoms with Crippen molar-refractivity contribution in [3.63, 3.8) is 0 Å². The van der Waals surface area contributed by atoms with Crippen LogP contribution in [0.5, 0.6) is 0 Å². The molecular weight excluding hydrogens is 271 g/mol. The number of piperazine rings is 1. The van der Waals surface area contributed by atoms with E-state index in [1.807, 2.05) is 13.8 Å². The van der Waals surface area contributed by atoms with Crippen molar-refractivity contribution in [3.05, 3.63) is 35.1 Å². The molecule has 21 heavy (non-hydrogen) atoms. The Morgan fingerprint density at radius 2 is 2.05 bits per heavy atom. The van der Waals surface area contributed by atoms with E-state index in [-0.39, 0.29) is 30.7 Å². The lowest BCUT2D eigenvalue weighted by molar-refractivity contribution is -0.155. The van der Waals surface area contributed by atoms with Gasteiger partial charge < -0.3 is 9.80 Å². The average Bonchev–Trinajstić information content (AvgIpc) is 2.44. The third-order valence-corrected chi connectivity index (χ3v) is 3.93. The maximum absolute atomic E-state index is 13.4. The van der Waals surface area contributed by atoms with Crippen LogP contribution >= 0.6 is 0 Å². The highest BCUT2D eigenvalue weighted by molar-refractivity contribution is 5.94. The van der Waals surface area contributed by atoms with Gasteiger partial charge in [-0.25, -0.2) is 4.39 Å². The number of hydrogen-bond donors (Lipinski definition) is 0. The van der Waals surface area contributed by atoms with Crippen molar-refractivity contribution in [2.24, 2.45) is 0 Å². The number of nitrogens with zero attached hydrogens (tertiary/aromatic N) is 2. The first-order chi connectivity index (χ1) is 9.93. The fraction of sp³-hybridized carbons (Fsp3) is 0.500. The quantitative estimate of drug-likeness (QED) is 0.852. The lowest BCUT2D eigenvalue weighted by atomic mass is 10.1. The third kappa shape index (κ3) is 3.23. The van der Waals surface area contributed by atoms with Crippen LogP contribution in [0.2, 0.25) is 0 Å². The molecule has 5 heteroatoms. The second-order valence-electron chi connectivity index (χ2n) is 5.53. The van der Waals surface area contributed by atoms with Gasteiger partial charge in [0, 0.05) is 13.1 Å². The zero-order valence-corrected chi connectivity index (χ0v) is 12.7. The van der Waals surface area contributed by atoms with Gasteiger partial charge in [-0.1, -0.05) is 13.0 Å². The second kappa shape index (κ2) is 6.24. The summed E-state index contributed by atoms with van der Waals surface area (Å²) in [7, 11) is 0. The van der Waals surface area contributed by atoms with Crippen LogP contribution in [-0.4, -0.2) is 40.7 Å². The van der Waals surface area contributed by atoms with E-state index in [4.69, 9.17) is 0 Å². The first-order valence-corrected chi connectivity index (χ1v) is 7.27. The number of aryl methyl sites for hydroxylation is 1. The summed E-state index contributed by atoms with van der Waals surface area (Å²) in [5.74, 6) is -0.448. The number of rotatable bonds is 4. The molecule has 114 valence electrons. The summed E-state index contributed by atoms with van der Waals surface area (Å²) in [5.41, 5.74) is 1.66. The number of benzene rings is 1. The Morgan fingerprint density at radius 1 is 1.33 bits per heavy atom. The van der Waals surface area contributed by atoms with Crippen LogP contribution in [0.1, 0.15) is 31.4 Å². The van der Waals surface area contributed by atoms with Gasteiger partial charge in [-0.15, -0.1) is 0 Å². The molecule has 1 aliphatic heterocycles. The number of hydrogen-bond acceptors (Lipinski definition) is 2. The van der Waals surface area contributed by atoms with E-state index < -0.39 is 6.04 Å². The highest BCUT2D eigenvalue weighted by atomic mass is 19.1. The van der Waals surface area contributed by atoms with Gasteiger partial charge in [-0.3, -0.25) is 9.59 Å². The third-order valence-electron chi connectivity index (χ3n) is 3.93. The van der Waals surface area contributed by atoms with Gasteiger partial charge in [-0.05, 0) is 43.5 Å². The predicted octanol–water partition coefficient (Wildman–Crippen LogP) is 2.10. The van der Waals surface area contributed by atoms with Crippen molar-refractivity contribution >= 4 is 11.8 Å². The molecule has 0 unspecified atom stereocenters. The first kappa shape index (κ1) is 15.5. The minimum atomic E-state index is -0.500. The molecule has 4 nitrogen and oxygen atoms in total. The summed E-state index contributed by atoms with van der Waals surface area (Å²) in [6.45, 7) is 6.57. The van der Waals surface area contributed by atoms with Crippen LogP contribution in [-0.2, 0) is 16.1 Å². The van der Waals surface area contributed by atoms with Crippen LogP contribution in [0.25, 0.3) is 0 Å². The van der Waals surface area contributed by atoms with Gasteiger partial charge >= 0.3 is 0 Å². The van der Waals surface area contributed by atoms with Crippen LogP contribution in [0.3, 0.4) is 0 Å². The van der Waals surface area contributed by atoms with Crippen molar-refractivity contribution in [1.29, 1.82) is 0 Å². The zero-order chi connectivity index (χ0) is 15.6. The molecule has 0 spiro atoms. The Morgan fingerprint density at radius 3 is 2.71 bits per heavy atom. The molecule has 0 aromatic heterocycles. The average molecular weight is 292 g/mol. The molecule has 1 aromatic carbocycles. The first-order valence-electron chi connectivity index (χ1n) is 7.27. The van der Waals surface area contributed by atoms with Crippen molar-refractivity contribution in [2.45, 2.75) is 39.8 Å². The molecular formula is C16H21FN2O2. The smallest absolute Gasteiger partial charge is 0.245 e. The van der Waals surface area contributed by atoms with Gasteiger partial charge in [0.15, 0.2) is 0 Å². The Balaban J connectivity index is 2.18. The van der Waals surface area contributed by atoms with E-state index in [2.05, 4.69) is 0 Å². The SMILES string of the molecule is CCCN1CC(=O)N(Cc2cc(F)ccc2C)[C@H](C)C1=O. The standard InChI is InChI=1S/C16H21FN2O2/c1-4-7-18-10-15(20)19(12(3)16(18)21)9-13-8-14(17)6-5-11(13)2/h5-6,8,12H,4,7,9-10H2,1-3H3/t12-/m1/s1. The maximum Gasteiger partial charge on any atom is 0.245 e. The molecule has 0 radical (unpaired) electrons. The lowest BCUT2D eigenvalue weighted by Gasteiger charge is -2.39. The Hall–Kier alpha value is -1.91. The molecule has 0 bridgehead atoms. The molecule has 1 saturated heterocycles. The normalized spacial score (nSPS) is 19.3. The summed E-state index contributed by atoms with van der Waals surface area (Å²) in [6, 6.07) is 4.02. The number of amides is 2. The minimum absolute atomic E-state index is 0.0366. The van der Waals surface area contributed by atoms with Crippen molar-refractivity contribution in [2.75, 3.05) is 13.1 Å². The fourth-order valence-corrected chi connectivity index (χ4v) is 2.62. The molecule has 1 heterocycles. The summed E-state index contributed by atoms with van der Waals surface area (Å²) in [6.07, 6.45) is 0.828. The summed E-state index contributed by atoms with van der Waals surface area (Å²) in [4.78, 5) is 27.7. The summed E-state index contributed by atoms with van der Waals surface area (Å²) >= 11 is 0. The Bertz CT molecular complexity index is 559. The van der Waals surface area contributed by atoms with E-state index >= 15 is 0 Å². The Kier molecular flexibility index (Phi) is 4.60. The molecule has 1 aliphatic rings. The number of halogens is 1. The number of carbonyl (C=O) groups excluding carboxylic acids is 2. The van der Waals surface area contributed by atoms with E-state index in [1.165, 1.54) is 17.0 Å². The molecule has 0 saturated carbocycles. The van der Waals surface area contributed by atoms with Gasteiger partial charge in [0.1, 0.15) is 11.9 Å². The van der Waals surface area contributed by atoms with Gasteiger partial charge in [0.05, 0.1) is 6.54 Å². The lowest BCUT2D eigenvalue weighted by Crippen LogP contribution is -2.58. The van der Waals surface area contributed by atoms with Gasteiger partial charge in [0.25, 0.3) is 0 Å². The van der Waals surface area contributed by atoms with Crippen molar-refractivity contribution < 1.29 is 14.0 Å². The largest absolute Gasteiger partial charge is 0.332 e. The maximum atomic E-state index is 13.4. The van der Waals surface area contributed by atoms with Gasteiger partial charge in [-0.2, -0.15) is 0 Å². The van der Waals surface area contributed by atoms with E-state index in [1.54, 1.807) is 17.9 Å². The Labute approximate surface area is 124 Å². The zero-order valence-electron chi connectivity index (χ0n) is 12.7. The van der Waals surface area contributed by atoms with Gasteiger partial charge in [0.2, 0.25) is 11.8 Å². The van der Waals surface area contributed by atoms with E-state index in [0.717, 1.165) is 17.5 Å². The summed E-state index contributed by atoms with van der Waals surface area (Å²) in [5, 5.41) is 0. The molecule has 0 aliphatic carbocycles. The number of carbonyl (C=O) groups is 2. The summed E-state index contributed by atoms with van der Waals surface area (Å²) < 4.78 is 13.4. The molecule has 1 atom stereocenters. The fourth-order valence-electron chi connectivity index (χ4n) is 2.62. The van der Waals surface area contributed by atoms with Crippen LogP contribution in [0, 0.1) is 12.7 Å². The molecule has 1 aromatic rings. The molecule has 2 amide bonds. The molecule has 2 rings (SSSR count). The predicted molar refractivity (Wildman–Crippen MR) is 78.0 cm³/mol. The minimum Gasteiger partial charge on any atom is -0.332 e. The van der Waals surface area contributed by atoms with Crippen LogP contribution < -0.4 is 0 Å². The van der Waals surface area contributed by atoms with Crippen molar-refractivity contribution in [3.8, 4) is 0 Å².